The largest absolute Gasteiger partial charge is 0.496 e. The molecule has 0 atom stereocenters. The van der Waals surface area contributed by atoms with Crippen molar-refractivity contribution in [2.24, 2.45) is 0 Å². The van der Waals surface area contributed by atoms with Crippen LogP contribution in [0.1, 0.15) is 15.9 Å². The van der Waals surface area contributed by atoms with Crippen molar-refractivity contribution in [3.05, 3.63) is 101 Å². The number of ether oxygens (including phenoxy) is 1. The van der Waals surface area contributed by atoms with Crippen LogP contribution in [0.4, 0.5) is 11.4 Å². The Bertz CT molecular complexity index is 1450. The van der Waals surface area contributed by atoms with E-state index in [1.54, 1.807) is 37.7 Å². The maximum Gasteiger partial charge on any atom is 0.255 e. The van der Waals surface area contributed by atoms with Gasteiger partial charge in [-0.2, -0.15) is 0 Å². The molecule has 35 heavy (non-hydrogen) atoms. The van der Waals surface area contributed by atoms with Crippen molar-refractivity contribution in [3.8, 4) is 17.1 Å². The standard InChI is InChI=1S/C27H22BrN5O2/c1-35-25-11-6-19(14-22(25)28)27(34)31-21-7-2-17(3-8-21)15-30-20-9-4-18(5-10-20)26-32-23-12-13-29-16-24(23)33-26/h2-14,16,30H,15H2,1H3,(H,31,34)(H,32,33). The maximum absolute atomic E-state index is 12.5. The summed E-state index contributed by atoms with van der Waals surface area (Å²) in [5, 5.41) is 6.35. The number of carbonyl (C=O) groups excluding carboxylic acids is 1. The second kappa shape index (κ2) is 9.99. The van der Waals surface area contributed by atoms with Gasteiger partial charge in [-0.05, 0) is 82.2 Å². The number of benzene rings is 3. The molecule has 0 bridgehead atoms. The molecule has 0 fully saturated rings. The Morgan fingerprint density at radius 2 is 1.77 bits per heavy atom. The van der Waals surface area contributed by atoms with Gasteiger partial charge in [-0.3, -0.25) is 9.78 Å². The number of fused-ring (bicyclic) bond motifs is 1. The monoisotopic (exact) mass is 527 g/mol. The molecule has 0 aliphatic carbocycles. The first-order valence-corrected chi connectivity index (χ1v) is 11.8. The number of anilines is 2. The van der Waals surface area contributed by atoms with Crippen molar-refractivity contribution < 1.29 is 9.53 Å². The Kier molecular flexibility index (Phi) is 6.45. The number of nitrogens with one attached hydrogen (secondary N) is 3. The van der Waals surface area contributed by atoms with E-state index in [9.17, 15) is 4.79 Å². The van der Waals surface area contributed by atoms with Crippen LogP contribution in [0.25, 0.3) is 22.4 Å². The molecule has 0 radical (unpaired) electrons. The van der Waals surface area contributed by atoms with Gasteiger partial charge in [0.1, 0.15) is 11.6 Å². The molecule has 5 aromatic rings. The summed E-state index contributed by atoms with van der Waals surface area (Å²) in [5.41, 5.74) is 6.21. The van der Waals surface area contributed by atoms with Crippen LogP contribution in [-0.2, 0) is 6.54 Å². The van der Waals surface area contributed by atoms with Crippen molar-refractivity contribution in [1.82, 2.24) is 15.0 Å². The van der Waals surface area contributed by atoms with Gasteiger partial charge in [0.05, 0.1) is 28.8 Å². The van der Waals surface area contributed by atoms with Crippen LogP contribution in [-0.4, -0.2) is 28.0 Å². The highest BCUT2D eigenvalue weighted by Crippen LogP contribution is 2.26. The molecule has 1 amide bonds. The number of hydrogen-bond donors (Lipinski definition) is 3. The van der Waals surface area contributed by atoms with Crippen LogP contribution in [0.5, 0.6) is 5.75 Å². The van der Waals surface area contributed by atoms with Gasteiger partial charge >= 0.3 is 0 Å². The molecule has 0 aliphatic rings. The van der Waals surface area contributed by atoms with E-state index in [4.69, 9.17) is 4.74 Å². The smallest absolute Gasteiger partial charge is 0.255 e. The summed E-state index contributed by atoms with van der Waals surface area (Å²) in [6, 6.07) is 23.0. The van der Waals surface area contributed by atoms with E-state index in [1.807, 2.05) is 54.6 Å². The summed E-state index contributed by atoms with van der Waals surface area (Å²) >= 11 is 3.41. The predicted molar refractivity (Wildman–Crippen MR) is 142 cm³/mol. The Morgan fingerprint density at radius 3 is 2.49 bits per heavy atom. The molecule has 174 valence electrons. The second-order valence-electron chi connectivity index (χ2n) is 7.91. The van der Waals surface area contributed by atoms with Crippen LogP contribution in [0.2, 0.25) is 0 Å². The number of halogens is 1. The highest BCUT2D eigenvalue weighted by Gasteiger charge is 2.10. The maximum atomic E-state index is 12.5. The van der Waals surface area contributed by atoms with Gasteiger partial charge in [-0.15, -0.1) is 0 Å². The first-order valence-electron chi connectivity index (χ1n) is 11.0. The summed E-state index contributed by atoms with van der Waals surface area (Å²) in [7, 11) is 1.59. The first-order chi connectivity index (χ1) is 17.1. The van der Waals surface area contributed by atoms with Gasteiger partial charge in [0.25, 0.3) is 5.91 Å². The number of hydrogen-bond acceptors (Lipinski definition) is 5. The van der Waals surface area contributed by atoms with Gasteiger partial charge < -0.3 is 20.4 Å². The van der Waals surface area contributed by atoms with Crippen molar-refractivity contribution in [2.75, 3.05) is 17.7 Å². The minimum absolute atomic E-state index is 0.181. The number of pyridine rings is 1. The third-order valence-electron chi connectivity index (χ3n) is 5.56. The molecular weight excluding hydrogens is 506 g/mol. The second-order valence-corrected chi connectivity index (χ2v) is 8.76. The molecule has 3 N–H and O–H groups in total. The van der Waals surface area contributed by atoms with Gasteiger partial charge in [0, 0.05) is 35.2 Å². The minimum atomic E-state index is -0.181. The Hall–Kier alpha value is -4.17. The lowest BCUT2D eigenvalue weighted by atomic mass is 10.1. The average Bonchev–Trinajstić information content (AvgIpc) is 3.33. The third kappa shape index (κ3) is 5.17. The third-order valence-corrected chi connectivity index (χ3v) is 6.18. The Labute approximate surface area is 210 Å². The van der Waals surface area contributed by atoms with Gasteiger partial charge in [0.15, 0.2) is 0 Å². The number of aromatic nitrogens is 3. The summed E-state index contributed by atoms with van der Waals surface area (Å²) in [5.74, 6) is 1.32. The highest BCUT2D eigenvalue weighted by molar-refractivity contribution is 9.10. The number of imidazole rings is 1. The molecule has 2 aromatic heterocycles. The molecule has 0 spiro atoms. The lowest BCUT2D eigenvalue weighted by molar-refractivity contribution is 0.102. The van der Waals surface area contributed by atoms with Crippen LogP contribution in [0, 0.1) is 0 Å². The lowest BCUT2D eigenvalue weighted by Gasteiger charge is -2.10. The summed E-state index contributed by atoms with van der Waals surface area (Å²) < 4.78 is 5.95. The van der Waals surface area contributed by atoms with E-state index in [2.05, 4.69) is 41.5 Å². The zero-order valence-electron chi connectivity index (χ0n) is 18.9. The van der Waals surface area contributed by atoms with E-state index in [0.717, 1.165) is 43.8 Å². The fourth-order valence-electron chi connectivity index (χ4n) is 3.66. The molecule has 2 heterocycles. The molecule has 0 saturated heterocycles. The molecule has 7 nitrogen and oxygen atoms in total. The number of H-pyrrole nitrogens is 1. The number of amides is 1. The molecule has 0 unspecified atom stereocenters. The van der Waals surface area contributed by atoms with Gasteiger partial charge in [-0.25, -0.2) is 4.98 Å². The van der Waals surface area contributed by atoms with Gasteiger partial charge in [-0.1, -0.05) is 12.1 Å². The summed E-state index contributed by atoms with van der Waals surface area (Å²) in [6.45, 7) is 0.662. The molecule has 8 heteroatoms. The van der Waals surface area contributed by atoms with E-state index < -0.39 is 0 Å². The highest BCUT2D eigenvalue weighted by atomic mass is 79.9. The molecule has 0 saturated carbocycles. The molecule has 0 aliphatic heterocycles. The fraction of sp³-hybridized carbons (Fsp3) is 0.0741. The quantitative estimate of drug-likeness (QED) is 0.232. The average molecular weight is 528 g/mol. The number of nitrogens with zero attached hydrogens (tertiary/aromatic N) is 2. The van der Waals surface area contributed by atoms with E-state index in [1.165, 1.54) is 0 Å². The van der Waals surface area contributed by atoms with Crippen molar-refractivity contribution >= 4 is 44.2 Å². The van der Waals surface area contributed by atoms with Crippen LogP contribution >= 0.6 is 15.9 Å². The zero-order valence-corrected chi connectivity index (χ0v) is 20.5. The van der Waals surface area contributed by atoms with Crippen molar-refractivity contribution in [3.63, 3.8) is 0 Å². The summed E-state index contributed by atoms with van der Waals surface area (Å²) in [4.78, 5) is 24.6. The van der Waals surface area contributed by atoms with Crippen molar-refractivity contribution in [2.45, 2.75) is 6.54 Å². The normalized spacial score (nSPS) is 10.8. The number of rotatable bonds is 7. The van der Waals surface area contributed by atoms with Gasteiger partial charge in [0.2, 0.25) is 0 Å². The van der Waals surface area contributed by atoms with E-state index in [0.29, 0.717) is 17.9 Å². The Balaban J connectivity index is 1.17. The minimum Gasteiger partial charge on any atom is -0.496 e. The SMILES string of the molecule is COc1ccc(C(=O)Nc2ccc(CNc3ccc(-c4nc5ccncc5[nH]4)cc3)cc2)cc1Br. The van der Waals surface area contributed by atoms with Crippen LogP contribution < -0.4 is 15.4 Å². The zero-order chi connectivity index (χ0) is 24.2. The molecule has 3 aromatic carbocycles. The van der Waals surface area contributed by atoms with Crippen molar-refractivity contribution in [1.29, 1.82) is 0 Å². The van der Waals surface area contributed by atoms with E-state index in [-0.39, 0.29) is 5.91 Å². The molecule has 5 rings (SSSR count). The lowest BCUT2D eigenvalue weighted by Crippen LogP contribution is -2.12. The molecular formula is C27H22BrN5O2. The number of methoxy groups -OCH3 is 1. The Morgan fingerprint density at radius 1 is 1.00 bits per heavy atom. The van der Waals surface area contributed by atoms with Crippen LogP contribution in [0.15, 0.2) is 89.7 Å². The van der Waals surface area contributed by atoms with E-state index >= 15 is 0 Å². The number of aromatic amines is 1. The van der Waals surface area contributed by atoms with Crippen LogP contribution in [0.3, 0.4) is 0 Å². The first kappa shape index (κ1) is 22.6. The number of carbonyl (C=O) groups is 1. The topological polar surface area (TPSA) is 91.9 Å². The fourth-order valence-corrected chi connectivity index (χ4v) is 4.20. The predicted octanol–water partition coefficient (Wildman–Crippen LogP) is 6.26. The summed E-state index contributed by atoms with van der Waals surface area (Å²) in [6.07, 6.45) is 3.51.